The van der Waals surface area contributed by atoms with Gasteiger partial charge in [-0.2, -0.15) is 0 Å². The van der Waals surface area contributed by atoms with Crippen molar-refractivity contribution in [3.8, 4) is 0 Å². The molecule has 0 aromatic heterocycles. The minimum absolute atomic E-state index is 0. The van der Waals surface area contributed by atoms with Gasteiger partial charge in [0.2, 0.25) is 5.91 Å². The molecule has 0 saturated carbocycles. The second-order valence-corrected chi connectivity index (χ2v) is 4.47. The Labute approximate surface area is 108 Å². The van der Waals surface area contributed by atoms with E-state index in [4.69, 9.17) is 5.73 Å². The highest BCUT2D eigenvalue weighted by atomic mass is 35.5. The van der Waals surface area contributed by atoms with Crippen molar-refractivity contribution >= 4 is 18.3 Å². The number of hydrogen-bond acceptors (Lipinski definition) is 2. The third-order valence-corrected chi connectivity index (χ3v) is 3.21. The number of nitrogens with zero attached hydrogens (tertiary/aromatic N) is 1. The van der Waals surface area contributed by atoms with Gasteiger partial charge in [-0.3, -0.25) is 4.79 Å². The zero-order valence-corrected chi connectivity index (χ0v) is 10.8. The van der Waals surface area contributed by atoms with Crippen LogP contribution in [0.3, 0.4) is 0 Å². The molecule has 0 radical (unpaired) electrons. The predicted molar refractivity (Wildman–Crippen MR) is 71.3 cm³/mol. The van der Waals surface area contributed by atoms with Gasteiger partial charge in [-0.25, -0.2) is 0 Å². The van der Waals surface area contributed by atoms with Crippen molar-refractivity contribution in [2.24, 2.45) is 5.73 Å². The molecule has 0 aliphatic carbocycles. The maximum Gasteiger partial charge on any atom is 0.229 e. The van der Waals surface area contributed by atoms with E-state index in [0.717, 1.165) is 18.5 Å². The summed E-state index contributed by atoms with van der Waals surface area (Å²) >= 11 is 0. The number of hydrogen-bond donors (Lipinski definition) is 1. The first-order chi connectivity index (χ1) is 7.68. The fourth-order valence-corrected chi connectivity index (χ4v) is 2.15. The van der Waals surface area contributed by atoms with Crippen molar-refractivity contribution < 1.29 is 4.79 Å². The van der Waals surface area contributed by atoms with E-state index in [-0.39, 0.29) is 30.3 Å². The van der Waals surface area contributed by atoms with Crippen LogP contribution in [-0.2, 0) is 4.79 Å². The molecule has 0 spiro atoms. The summed E-state index contributed by atoms with van der Waals surface area (Å²) in [6.07, 6.45) is 0.924. The Hall–Kier alpha value is -1.06. The summed E-state index contributed by atoms with van der Waals surface area (Å²) < 4.78 is 0. The number of amides is 1. The number of nitrogens with two attached hydrogens (primary N) is 1. The lowest BCUT2D eigenvalue weighted by Gasteiger charge is -2.20. The molecule has 2 N–H and O–H groups in total. The van der Waals surface area contributed by atoms with Crippen LogP contribution in [0.4, 0.5) is 0 Å². The molecule has 94 valence electrons. The lowest BCUT2D eigenvalue weighted by molar-refractivity contribution is -0.131. The maximum absolute atomic E-state index is 12.2. The van der Waals surface area contributed by atoms with Crippen LogP contribution in [0.2, 0.25) is 0 Å². The third-order valence-electron chi connectivity index (χ3n) is 3.21. The highest BCUT2D eigenvalue weighted by molar-refractivity contribution is 5.85. The topological polar surface area (TPSA) is 46.3 Å². The monoisotopic (exact) mass is 254 g/mol. The Morgan fingerprint density at radius 2 is 2.06 bits per heavy atom. The molecule has 3 nitrogen and oxygen atoms in total. The van der Waals surface area contributed by atoms with E-state index in [1.807, 2.05) is 42.2 Å². The molecular formula is C13H19ClN2O. The van der Waals surface area contributed by atoms with Crippen LogP contribution in [0.25, 0.3) is 0 Å². The molecule has 2 rings (SSSR count). The van der Waals surface area contributed by atoms with Gasteiger partial charge in [-0.15, -0.1) is 12.4 Å². The molecule has 1 aliphatic heterocycles. The average Bonchev–Trinajstić information content (AvgIpc) is 2.75. The molecule has 1 amide bonds. The predicted octanol–water partition coefficient (Wildman–Crippen LogP) is 1.77. The van der Waals surface area contributed by atoms with Crippen LogP contribution in [0.5, 0.6) is 0 Å². The van der Waals surface area contributed by atoms with E-state index in [2.05, 4.69) is 0 Å². The van der Waals surface area contributed by atoms with Gasteiger partial charge in [-0.05, 0) is 18.9 Å². The van der Waals surface area contributed by atoms with E-state index in [1.54, 1.807) is 0 Å². The Balaban J connectivity index is 0.00000144. The van der Waals surface area contributed by atoms with Gasteiger partial charge < -0.3 is 10.6 Å². The summed E-state index contributed by atoms with van der Waals surface area (Å²) in [6.45, 7) is 3.47. The Kier molecular flexibility index (Phi) is 4.97. The lowest BCUT2D eigenvalue weighted by atomic mass is 10.00. The minimum atomic E-state index is -0.0634. The summed E-state index contributed by atoms with van der Waals surface area (Å²) in [4.78, 5) is 14.0. The van der Waals surface area contributed by atoms with Crippen molar-refractivity contribution in [3.05, 3.63) is 35.9 Å². The number of likely N-dealkylation sites (tertiary alicyclic amines) is 1. The van der Waals surface area contributed by atoms with E-state index < -0.39 is 0 Å². The fourth-order valence-electron chi connectivity index (χ4n) is 2.15. The van der Waals surface area contributed by atoms with Gasteiger partial charge in [0, 0.05) is 19.1 Å². The molecule has 1 aliphatic rings. The zero-order valence-electron chi connectivity index (χ0n) is 10.0. The summed E-state index contributed by atoms with van der Waals surface area (Å²) in [5.74, 6) is 0.130. The number of carbonyl (C=O) groups is 1. The molecular weight excluding hydrogens is 236 g/mol. The standard InChI is InChI=1S/C13H18N2O.ClH/c1-10(11-5-3-2-4-6-11)13(16)15-8-7-12(14)9-15;/h2-6,10,12H,7-9,14H2,1H3;1H/t10?,12-;/m1./s1. The quantitative estimate of drug-likeness (QED) is 0.875. The molecule has 1 saturated heterocycles. The van der Waals surface area contributed by atoms with Gasteiger partial charge in [0.15, 0.2) is 0 Å². The highest BCUT2D eigenvalue weighted by Crippen LogP contribution is 2.20. The maximum atomic E-state index is 12.2. The molecule has 1 heterocycles. The number of halogens is 1. The number of carbonyl (C=O) groups excluding carboxylic acids is 1. The SMILES string of the molecule is CC(C(=O)N1CC[C@@H](N)C1)c1ccccc1.Cl. The number of benzene rings is 1. The average molecular weight is 255 g/mol. The van der Waals surface area contributed by atoms with Crippen LogP contribution < -0.4 is 5.73 Å². The van der Waals surface area contributed by atoms with Gasteiger partial charge >= 0.3 is 0 Å². The van der Waals surface area contributed by atoms with E-state index >= 15 is 0 Å². The zero-order chi connectivity index (χ0) is 11.5. The largest absolute Gasteiger partial charge is 0.341 e. The van der Waals surface area contributed by atoms with Gasteiger partial charge in [-0.1, -0.05) is 30.3 Å². The summed E-state index contributed by atoms with van der Waals surface area (Å²) in [7, 11) is 0. The Morgan fingerprint density at radius 3 is 2.59 bits per heavy atom. The highest BCUT2D eigenvalue weighted by Gasteiger charge is 2.27. The Bertz CT molecular complexity index is 369. The second-order valence-electron chi connectivity index (χ2n) is 4.47. The lowest BCUT2D eigenvalue weighted by Crippen LogP contribution is -2.34. The molecule has 0 bridgehead atoms. The Morgan fingerprint density at radius 1 is 1.41 bits per heavy atom. The normalized spacial score (nSPS) is 20.8. The molecule has 1 aromatic carbocycles. The van der Waals surface area contributed by atoms with E-state index in [9.17, 15) is 4.79 Å². The van der Waals surface area contributed by atoms with Gasteiger partial charge in [0.1, 0.15) is 0 Å². The first kappa shape index (κ1) is 14.0. The van der Waals surface area contributed by atoms with Crippen LogP contribution in [0, 0.1) is 0 Å². The van der Waals surface area contributed by atoms with Crippen LogP contribution in [0.15, 0.2) is 30.3 Å². The summed E-state index contributed by atoms with van der Waals surface area (Å²) in [5, 5.41) is 0. The summed E-state index contributed by atoms with van der Waals surface area (Å²) in [5.41, 5.74) is 6.88. The van der Waals surface area contributed by atoms with Crippen LogP contribution >= 0.6 is 12.4 Å². The number of rotatable bonds is 2. The van der Waals surface area contributed by atoms with E-state index in [0.29, 0.717) is 6.54 Å². The molecule has 17 heavy (non-hydrogen) atoms. The first-order valence-electron chi connectivity index (χ1n) is 5.78. The summed E-state index contributed by atoms with van der Waals surface area (Å²) in [6, 6.07) is 10.1. The van der Waals surface area contributed by atoms with Crippen molar-refractivity contribution in [2.75, 3.05) is 13.1 Å². The fraction of sp³-hybridized carbons (Fsp3) is 0.462. The van der Waals surface area contributed by atoms with Gasteiger partial charge in [0.25, 0.3) is 0 Å². The smallest absolute Gasteiger partial charge is 0.229 e. The van der Waals surface area contributed by atoms with E-state index in [1.165, 1.54) is 0 Å². The van der Waals surface area contributed by atoms with Gasteiger partial charge in [0.05, 0.1) is 5.92 Å². The molecule has 1 unspecified atom stereocenters. The third kappa shape index (κ3) is 3.20. The van der Waals surface area contributed by atoms with Crippen LogP contribution in [-0.4, -0.2) is 29.9 Å². The molecule has 4 heteroatoms. The molecule has 2 atom stereocenters. The van der Waals surface area contributed by atoms with Crippen molar-refractivity contribution in [1.82, 2.24) is 4.90 Å². The first-order valence-corrected chi connectivity index (χ1v) is 5.78. The van der Waals surface area contributed by atoms with Crippen molar-refractivity contribution in [1.29, 1.82) is 0 Å². The van der Waals surface area contributed by atoms with Crippen molar-refractivity contribution in [2.45, 2.75) is 25.3 Å². The van der Waals surface area contributed by atoms with Crippen LogP contribution in [0.1, 0.15) is 24.8 Å². The van der Waals surface area contributed by atoms with Crippen molar-refractivity contribution in [3.63, 3.8) is 0 Å². The molecule has 1 aromatic rings. The minimum Gasteiger partial charge on any atom is -0.341 e. The second kappa shape index (κ2) is 6.03. The molecule has 1 fully saturated rings.